The van der Waals surface area contributed by atoms with Crippen molar-refractivity contribution in [2.75, 3.05) is 13.2 Å². The van der Waals surface area contributed by atoms with Gasteiger partial charge in [-0.2, -0.15) is 8.42 Å². The molecule has 0 atom stereocenters. The van der Waals surface area contributed by atoms with Gasteiger partial charge in [0.05, 0.1) is 29.2 Å². The Morgan fingerprint density at radius 3 is 1.71 bits per heavy atom. The maximum Gasteiger partial charge on any atom is 1.00 e. The average molecular weight is 436 g/mol. The molecule has 0 amide bonds. The fourth-order valence-electron chi connectivity index (χ4n) is 1.41. The minimum absolute atomic E-state index is 0. The summed E-state index contributed by atoms with van der Waals surface area (Å²) in [6, 6.07) is 3.00. The Bertz CT molecular complexity index is 594. The first-order valence-electron chi connectivity index (χ1n) is 5.76. The molecular formula is C12H15CsO7S. The van der Waals surface area contributed by atoms with E-state index in [0.29, 0.717) is 0 Å². The van der Waals surface area contributed by atoms with Gasteiger partial charge in [-0.05, 0) is 32.0 Å². The fourth-order valence-corrected chi connectivity index (χ4v) is 1.96. The number of hydrogen-bond donors (Lipinski definition) is 1. The molecule has 0 radical (unpaired) electrons. The van der Waals surface area contributed by atoms with Crippen LogP contribution in [-0.4, -0.2) is 38.1 Å². The Morgan fingerprint density at radius 2 is 1.43 bits per heavy atom. The van der Waals surface area contributed by atoms with Crippen LogP contribution >= 0.6 is 0 Å². The monoisotopic (exact) mass is 436 g/mol. The maximum absolute atomic E-state index is 11.6. The normalized spacial score (nSPS) is 10.4. The van der Waals surface area contributed by atoms with E-state index in [4.69, 9.17) is 14.0 Å². The third kappa shape index (κ3) is 6.40. The van der Waals surface area contributed by atoms with Gasteiger partial charge in [-0.25, -0.2) is 9.59 Å². The van der Waals surface area contributed by atoms with Crippen LogP contribution in [0, 0.1) is 0 Å². The molecule has 0 aliphatic rings. The van der Waals surface area contributed by atoms with E-state index in [-0.39, 0.29) is 94.7 Å². The van der Waals surface area contributed by atoms with E-state index in [9.17, 15) is 18.0 Å². The van der Waals surface area contributed by atoms with Crippen molar-refractivity contribution in [1.29, 1.82) is 0 Å². The molecule has 7 nitrogen and oxygen atoms in total. The molecule has 0 aliphatic carbocycles. The van der Waals surface area contributed by atoms with Crippen LogP contribution in [0.5, 0.6) is 0 Å². The summed E-state index contributed by atoms with van der Waals surface area (Å²) in [5.41, 5.74) is -0.324. The first-order valence-corrected chi connectivity index (χ1v) is 7.20. The molecule has 1 rings (SSSR count). The second-order valence-electron chi connectivity index (χ2n) is 3.66. The molecule has 1 aromatic rings. The van der Waals surface area contributed by atoms with E-state index in [1.807, 2.05) is 0 Å². The predicted molar refractivity (Wildman–Crippen MR) is 69.3 cm³/mol. The zero-order chi connectivity index (χ0) is 15.3. The van der Waals surface area contributed by atoms with Crippen LogP contribution < -0.4 is 68.9 Å². The minimum Gasteiger partial charge on any atom is -1.00 e. The van der Waals surface area contributed by atoms with Gasteiger partial charge in [0.2, 0.25) is 0 Å². The largest absolute Gasteiger partial charge is 1.00 e. The van der Waals surface area contributed by atoms with Crippen molar-refractivity contribution in [2.24, 2.45) is 0 Å². The Balaban J connectivity index is 0. The Morgan fingerprint density at radius 1 is 1.05 bits per heavy atom. The summed E-state index contributed by atoms with van der Waals surface area (Å²) in [4.78, 5) is 22.6. The third-order valence-electron chi connectivity index (χ3n) is 2.23. The third-order valence-corrected chi connectivity index (χ3v) is 3.06. The Labute approximate surface area is 183 Å². The zero-order valence-corrected chi connectivity index (χ0v) is 19.0. The Kier molecular flexibility index (Phi) is 9.36. The number of hydrogen-bond acceptors (Lipinski definition) is 6. The van der Waals surface area contributed by atoms with E-state index in [0.717, 1.165) is 18.2 Å². The van der Waals surface area contributed by atoms with Crippen molar-refractivity contribution in [3.63, 3.8) is 0 Å². The van der Waals surface area contributed by atoms with Crippen LogP contribution in [0.2, 0.25) is 0 Å². The maximum atomic E-state index is 11.6. The van der Waals surface area contributed by atoms with Gasteiger partial charge in [-0.1, -0.05) is 0 Å². The summed E-state index contributed by atoms with van der Waals surface area (Å²) in [7, 11) is -4.56. The summed E-state index contributed by atoms with van der Waals surface area (Å²) >= 11 is 0. The van der Waals surface area contributed by atoms with Gasteiger partial charge in [-0.15, -0.1) is 0 Å². The van der Waals surface area contributed by atoms with E-state index in [1.165, 1.54) is 0 Å². The van der Waals surface area contributed by atoms with Crippen molar-refractivity contribution in [3.8, 4) is 0 Å². The molecule has 1 aromatic carbocycles. The van der Waals surface area contributed by atoms with Crippen molar-refractivity contribution in [1.82, 2.24) is 0 Å². The van der Waals surface area contributed by atoms with Crippen molar-refractivity contribution < 1.29 is 102 Å². The topological polar surface area (TPSA) is 107 Å². The van der Waals surface area contributed by atoms with Gasteiger partial charge in [-0.3, -0.25) is 4.55 Å². The van der Waals surface area contributed by atoms with Crippen LogP contribution in [0.1, 0.15) is 36.0 Å². The molecule has 0 saturated carbocycles. The first kappa shape index (κ1) is 21.1. The van der Waals surface area contributed by atoms with Gasteiger partial charge in [0.1, 0.15) is 0 Å². The zero-order valence-electron chi connectivity index (χ0n) is 13.0. The molecule has 0 saturated heterocycles. The van der Waals surface area contributed by atoms with Gasteiger partial charge in [0, 0.05) is 0 Å². The summed E-state index contributed by atoms with van der Waals surface area (Å²) in [5, 5.41) is 0. The molecule has 1 N–H and O–H groups in total. The number of rotatable bonds is 5. The molecule has 0 unspecified atom stereocenters. The quantitative estimate of drug-likeness (QED) is 0.438. The number of ether oxygens (including phenoxy) is 2. The summed E-state index contributed by atoms with van der Waals surface area (Å²) in [6.07, 6.45) is 0. The molecule has 0 aromatic heterocycles. The summed E-state index contributed by atoms with van der Waals surface area (Å²) in [6.45, 7) is 3.33. The summed E-state index contributed by atoms with van der Waals surface area (Å²) in [5.74, 6) is -1.60. The van der Waals surface area contributed by atoms with Gasteiger partial charge >= 0.3 is 80.8 Å². The standard InChI is InChI=1S/C12H14O7S.Cs.H/c1-3-18-11(13)8-5-9(12(14)19-4-2)7-10(6-8)20(15,16)17;;/h5-7H,3-4H2,1-2H3,(H,15,16,17);;/q;+1;-1. The Hall–Kier alpha value is 0.122. The first-order chi connectivity index (χ1) is 9.29. The van der Waals surface area contributed by atoms with E-state index < -0.39 is 27.0 Å². The van der Waals surface area contributed by atoms with Crippen LogP contribution in [-0.2, 0) is 19.6 Å². The predicted octanol–water partition coefficient (Wildman–Crippen LogP) is -1.60. The SMILES string of the molecule is CCOC(=O)c1cc(C(=O)OCC)cc(S(=O)(=O)O)c1.[Cs+].[H-]. The van der Waals surface area contributed by atoms with E-state index in [2.05, 4.69) is 0 Å². The molecule has 0 heterocycles. The van der Waals surface area contributed by atoms with Crippen LogP contribution in [0.25, 0.3) is 0 Å². The smallest absolute Gasteiger partial charge is 1.00 e. The molecule has 0 bridgehead atoms. The minimum atomic E-state index is -4.56. The summed E-state index contributed by atoms with van der Waals surface area (Å²) < 4.78 is 40.8. The van der Waals surface area contributed by atoms with Crippen LogP contribution in [0.15, 0.2) is 23.1 Å². The fraction of sp³-hybridized carbons (Fsp3) is 0.333. The number of benzene rings is 1. The molecule has 0 fully saturated rings. The van der Waals surface area contributed by atoms with Crippen molar-refractivity contribution >= 4 is 22.1 Å². The molecule has 9 heteroatoms. The van der Waals surface area contributed by atoms with Gasteiger partial charge < -0.3 is 10.9 Å². The number of carbonyl (C=O) groups is 2. The molecule has 0 spiro atoms. The van der Waals surface area contributed by atoms with Crippen molar-refractivity contribution in [3.05, 3.63) is 29.3 Å². The van der Waals surface area contributed by atoms with E-state index >= 15 is 0 Å². The number of esters is 2. The second kappa shape index (κ2) is 9.30. The number of carbonyl (C=O) groups excluding carboxylic acids is 2. The molecular weight excluding hydrogens is 421 g/mol. The van der Waals surface area contributed by atoms with Gasteiger partial charge in [0.25, 0.3) is 10.1 Å². The second-order valence-corrected chi connectivity index (χ2v) is 5.08. The van der Waals surface area contributed by atoms with Crippen LogP contribution in [0.4, 0.5) is 0 Å². The van der Waals surface area contributed by atoms with Crippen molar-refractivity contribution in [2.45, 2.75) is 18.7 Å². The van der Waals surface area contributed by atoms with E-state index in [1.54, 1.807) is 13.8 Å². The average Bonchev–Trinajstić information content (AvgIpc) is 2.37. The molecule has 112 valence electrons. The van der Waals surface area contributed by atoms with Gasteiger partial charge in [0.15, 0.2) is 0 Å². The molecule has 21 heavy (non-hydrogen) atoms. The van der Waals surface area contributed by atoms with Crippen LogP contribution in [0.3, 0.4) is 0 Å². The molecule has 0 aliphatic heterocycles.